The van der Waals surface area contributed by atoms with Crippen molar-refractivity contribution in [3.63, 3.8) is 0 Å². The highest BCUT2D eigenvalue weighted by Gasteiger charge is 2.24. The molecule has 0 N–H and O–H groups in total. The van der Waals surface area contributed by atoms with Gasteiger partial charge in [-0.3, -0.25) is 0 Å². The third-order valence-electron chi connectivity index (χ3n) is 7.83. The molecule has 2 nitrogen and oxygen atoms in total. The van der Waals surface area contributed by atoms with E-state index in [0.717, 1.165) is 6.42 Å². The third kappa shape index (κ3) is 1.77. The van der Waals surface area contributed by atoms with E-state index in [1.807, 2.05) is 0 Å². The fourth-order valence-corrected chi connectivity index (χ4v) is 6.53. The molecular formula is C31H18N2. The van der Waals surface area contributed by atoms with Crippen molar-refractivity contribution >= 4 is 59.9 Å². The van der Waals surface area contributed by atoms with E-state index in [1.165, 1.54) is 76.7 Å². The van der Waals surface area contributed by atoms with Crippen molar-refractivity contribution in [3.05, 3.63) is 108 Å². The van der Waals surface area contributed by atoms with Crippen LogP contribution < -0.4 is 0 Å². The number of benzene rings is 5. The van der Waals surface area contributed by atoms with Gasteiger partial charge in [0.15, 0.2) is 0 Å². The molecule has 0 spiro atoms. The first kappa shape index (κ1) is 16.3. The second-order valence-corrected chi connectivity index (χ2v) is 9.40. The maximum atomic E-state index is 2.50. The largest absolute Gasteiger partial charge is 0.309 e. The quantitative estimate of drug-likeness (QED) is 0.237. The molecule has 9 rings (SSSR count). The van der Waals surface area contributed by atoms with E-state index in [-0.39, 0.29) is 0 Å². The molecule has 1 aliphatic heterocycles. The molecule has 0 radical (unpaired) electrons. The van der Waals surface area contributed by atoms with E-state index >= 15 is 0 Å². The van der Waals surface area contributed by atoms with Crippen LogP contribution in [0.15, 0.2) is 97.1 Å². The van der Waals surface area contributed by atoms with E-state index in [0.29, 0.717) is 0 Å². The Morgan fingerprint density at radius 1 is 0.455 bits per heavy atom. The molecule has 3 aromatic heterocycles. The zero-order valence-electron chi connectivity index (χ0n) is 17.8. The predicted molar refractivity (Wildman–Crippen MR) is 138 cm³/mol. The van der Waals surface area contributed by atoms with Crippen LogP contribution >= 0.6 is 0 Å². The van der Waals surface area contributed by atoms with Crippen LogP contribution in [-0.2, 0) is 6.42 Å². The van der Waals surface area contributed by atoms with Gasteiger partial charge in [-0.25, -0.2) is 0 Å². The van der Waals surface area contributed by atoms with Crippen LogP contribution in [0, 0.1) is 0 Å². The Kier molecular flexibility index (Phi) is 2.66. The van der Waals surface area contributed by atoms with Crippen molar-refractivity contribution < 1.29 is 0 Å². The van der Waals surface area contributed by atoms with Gasteiger partial charge in [-0.15, -0.1) is 0 Å². The lowest BCUT2D eigenvalue weighted by molar-refractivity contribution is 1.04. The molecule has 0 fully saturated rings. The van der Waals surface area contributed by atoms with Gasteiger partial charge in [-0.2, -0.15) is 0 Å². The Bertz CT molecular complexity index is 2100. The zero-order valence-corrected chi connectivity index (χ0v) is 17.8. The lowest BCUT2D eigenvalue weighted by atomic mass is 9.97. The van der Waals surface area contributed by atoms with E-state index in [4.69, 9.17) is 0 Å². The Morgan fingerprint density at radius 2 is 1.12 bits per heavy atom. The number of para-hydroxylation sites is 4. The average molecular weight is 418 g/mol. The van der Waals surface area contributed by atoms with E-state index in [9.17, 15) is 0 Å². The maximum Gasteiger partial charge on any atom is 0.0620 e. The van der Waals surface area contributed by atoms with Crippen molar-refractivity contribution in [1.82, 2.24) is 8.97 Å². The molecule has 0 bridgehead atoms. The Morgan fingerprint density at radius 3 is 2.06 bits per heavy atom. The molecule has 152 valence electrons. The van der Waals surface area contributed by atoms with Crippen LogP contribution in [0.2, 0.25) is 0 Å². The normalized spacial score (nSPS) is 13.3. The summed E-state index contributed by atoms with van der Waals surface area (Å²) in [5.41, 5.74) is 10.7. The first-order valence-electron chi connectivity index (χ1n) is 11.6. The van der Waals surface area contributed by atoms with Crippen LogP contribution in [0.25, 0.3) is 65.6 Å². The zero-order chi connectivity index (χ0) is 21.3. The van der Waals surface area contributed by atoms with Crippen LogP contribution in [0.5, 0.6) is 0 Å². The average Bonchev–Trinajstić information content (AvgIpc) is 3.49. The molecule has 0 saturated heterocycles. The molecule has 2 heteroatoms. The topological polar surface area (TPSA) is 9.34 Å². The number of hydrogen-bond donors (Lipinski definition) is 0. The van der Waals surface area contributed by atoms with Gasteiger partial charge in [0.1, 0.15) is 0 Å². The molecule has 8 aromatic rings. The fourth-order valence-electron chi connectivity index (χ4n) is 6.53. The minimum Gasteiger partial charge on any atom is -0.309 e. The summed E-state index contributed by atoms with van der Waals surface area (Å²) in [6.07, 6.45) is 0.995. The Hall–Kier alpha value is -4.30. The monoisotopic (exact) mass is 418 g/mol. The van der Waals surface area contributed by atoms with Crippen molar-refractivity contribution in [3.8, 4) is 5.69 Å². The van der Waals surface area contributed by atoms with Crippen molar-refractivity contribution in [2.45, 2.75) is 6.42 Å². The molecule has 0 saturated carbocycles. The lowest BCUT2D eigenvalue weighted by Gasteiger charge is -2.20. The van der Waals surface area contributed by atoms with Crippen molar-refractivity contribution in [2.75, 3.05) is 0 Å². The fraction of sp³-hybridized carbons (Fsp3) is 0.0323. The van der Waals surface area contributed by atoms with Crippen LogP contribution in [0.4, 0.5) is 0 Å². The summed E-state index contributed by atoms with van der Waals surface area (Å²) in [5.74, 6) is 0. The van der Waals surface area contributed by atoms with Gasteiger partial charge in [-0.05, 0) is 35.4 Å². The van der Waals surface area contributed by atoms with E-state index < -0.39 is 0 Å². The number of aromatic nitrogens is 2. The Balaban J connectivity index is 1.59. The van der Waals surface area contributed by atoms with Crippen molar-refractivity contribution in [2.24, 2.45) is 0 Å². The number of rotatable bonds is 0. The van der Waals surface area contributed by atoms with Crippen LogP contribution in [0.1, 0.15) is 11.1 Å². The van der Waals surface area contributed by atoms with Crippen molar-refractivity contribution in [1.29, 1.82) is 0 Å². The summed E-state index contributed by atoms with van der Waals surface area (Å²) in [6, 6.07) is 36.1. The molecule has 0 aliphatic carbocycles. The van der Waals surface area contributed by atoms with Gasteiger partial charge in [0.2, 0.25) is 0 Å². The number of nitrogens with zero attached hydrogens (tertiary/aromatic N) is 2. The summed E-state index contributed by atoms with van der Waals surface area (Å²) >= 11 is 0. The van der Waals surface area contributed by atoms with Gasteiger partial charge < -0.3 is 8.97 Å². The smallest absolute Gasteiger partial charge is 0.0620 e. The van der Waals surface area contributed by atoms with Crippen LogP contribution in [0.3, 0.4) is 0 Å². The minimum absolute atomic E-state index is 0.995. The van der Waals surface area contributed by atoms with Gasteiger partial charge in [0.05, 0.1) is 27.6 Å². The highest BCUT2D eigenvalue weighted by Crippen LogP contribution is 2.44. The highest BCUT2D eigenvalue weighted by atomic mass is 15.0. The first-order chi connectivity index (χ1) is 16.4. The van der Waals surface area contributed by atoms with Crippen LogP contribution in [-0.4, -0.2) is 8.97 Å². The molecule has 4 heterocycles. The van der Waals surface area contributed by atoms with E-state index in [1.54, 1.807) is 0 Å². The lowest BCUT2D eigenvalue weighted by Crippen LogP contribution is -2.07. The number of fused-ring (bicyclic) bond motifs is 11. The summed E-state index contributed by atoms with van der Waals surface area (Å²) in [5, 5.41) is 8.04. The van der Waals surface area contributed by atoms with Gasteiger partial charge in [0, 0.05) is 44.4 Å². The molecule has 0 unspecified atom stereocenters. The molecular weight excluding hydrogens is 400 g/mol. The minimum atomic E-state index is 0.995. The third-order valence-corrected chi connectivity index (χ3v) is 7.83. The SMILES string of the molecule is c1ccc2c(c1)Cc1cccc3c4cc5c6cccc7c8ccccc8n(c5cc4n-2c13)c76. The molecule has 1 aliphatic rings. The maximum absolute atomic E-state index is 2.50. The Labute approximate surface area is 189 Å². The summed E-state index contributed by atoms with van der Waals surface area (Å²) < 4.78 is 4.99. The number of hydrogen-bond acceptors (Lipinski definition) is 0. The molecule has 33 heavy (non-hydrogen) atoms. The second kappa shape index (κ2) is 5.36. The summed E-state index contributed by atoms with van der Waals surface area (Å²) in [6.45, 7) is 0. The molecule has 0 atom stereocenters. The van der Waals surface area contributed by atoms with Gasteiger partial charge >= 0.3 is 0 Å². The van der Waals surface area contributed by atoms with E-state index in [2.05, 4.69) is 106 Å². The summed E-state index contributed by atoms with van der Waals surface area (Å²) in [7, 11) is 0. The van der Waals surface area contributed by atoms with Gasteiger partial charge in [0.25, 0.3) is 0 Å². The first-order valence-corrected chi connectivity index (χ1v) is 11.6. The molecule has 0 amide bonds. The highest BCUT2D eigenvalue weighted by molar-refractivity contribution is 6.26. The standard InChI is InChI=1S/C31H18N2/c1-3-13-26-18(7-1)15-19-8-5-10-22-24-16-25-23-12-6-11-21-20-9-2-4-14-27(20)33(31(21)23)29(25)17-28(24)32(26)30(19)22/h1-14,16-17H,15H2. The summed E-state index contributed by atoms with van der Waals surface area (Å²) in [4.78, 5) is 0. The second-order valence-electron chi connectivity index (χ2n) is 9.40. The molecule has 5 aromatic carbocycles. The predicted octanol–water partition coefficient (Wildman–Crippen LogP) is 7.84. The van der Waals surface area contributed by atoms with Gasteiger partial charge in [-0.1, -0.05) is 72.8 Å².